The average Bonchev–Trinajstić information content (AvgIpc) is 2.86. The predicted molar refractivity (Wildman–Crippen MR) is 73.4 cm³/mol. The zero-order valence-electron chi connectivity index (χ0n) is 9.08. The molecule has 0 atom stereocenters. The van der Waals surface area contributed by atoms with E-state index in [4.69, 9.17) is 4.42 Å². The number of halogens is 1. The van der Waals surface area contributed by atoms with Gasteiger partial charge in [0.25, 0.3) is 0 Å². The molecule has 2 nitrogen and oxygen atoms in total. The second kappa shape index (κ2) is 4.37. The van der Waals surface area contributed by atoms with Gasteiger partial charge < -0.3 is 4.42 Å². The molecule has 3 heteroatoms. The molecule has 3 rings (SSSR count). The number of likely N-dealkylation sites (tertiary alicyclic amines) is 1. The quantitative estimate of drug-likeness (QED) is 0.783. The molecular formula is C13H14INO. The Morgan fingerprint density at radius 2 is 2.00 bits per heavy atom. The van der Waals surface area contributed by atoms with Gasteiger partial charge in [0, 0.05) is 8.96 Å². The molecule has 1 fully saturated rings. The van der Waals surface area contributed by atoms with Gasteiger partial charge in [-0.1, -0.05) is 0 Å². The first kappa shape index (κ1) is 10.6. The minimum atomic E-state index is 0.964. The van der Waals surface area contributed by atoms with E-state index in [0.717, 1.165) is 17.9 Å². The smallest absolute Gasteiger partial charge is 0.134 e. The Labute approximate surface area is 109 Å². The van der Waals surface area contributed by atoms with E-state index in [2.05, 4.69) is 51.8 Å². The second-order valence-electron chi connectivity index (χ2n) is 4.38. The number of nitrogens with zero attached hydrogens (tertiary/aromatic N) is 1. The van der Waals surface area contributed by atoms with Crippen molar-refractivity contribution in [3.63, 3.8) is 0 Å². The maximum Gasteiger partial charge on any atom is 0.134 e. The lowest BCUT2D eigenvalue weighted by Gasteiger charge is -2.11. The van der Waals surface area contributed by atoms with Gasteiger partial charge in [0.2, 0.25) is 0 Å². The van der Waals surface area contributed by atoms with Crippen LogP contribution in [0.1, 0.15) is 18.6 Å². The van der Waals surface area contributed by atoms with Crippen LogP contribution in [-0.2, 0) is 6.54 Å². The Morgan fingerprint density at radius 3 is 2.81 bits per heavy atom. The second-order valence-corrected chi connectivity index (χ2v) is 5.62. The molecule has 0 saturated carbocycles. The number of rotatable bonds is 2. The SMILES string of the molecule is Ic1ccc2oc(CN3CCCC3)cc2c1. The number of hydrogen-bond donors (Lipinski definition) is 0. The molecule has 1 aliphatic heterocycles. The summed E-state index contributed by atoms with van der Waals surface area (Å²) in [7, 11) is 0. The highest BCUT2D eigenvalue weighted by molar-refractivity contribution is 14.1. The van der Waals surface area contributed by atoms with Crippen molar-refractivity contribution in [2.75, 3.05) is 13.1 Å². The lowest BCUT2D eigenvalue weighted by Crippen LogP contribution is -2.17. The molecule has 0 radical (unpaired) electrons. The Hall–Kier alpha value is -0.550. The largest absolute Gasteiger partial charge is 0.460 e. The van der Waals surface area contributed by atoms with E-state index in [9.17, 15) is 0 Å². The lowest BCUT2D eigenvalue weighted by molar-refractivity contribution is 0.302. The standard InChI is InChI=1S/C13H14INO/c14-11-3-4-13-10(7-11)8-12(16-13)9-15-5-1-2-6-15/h3-4,7-8H,1-2,5-6,9H2. The van der Waals surface area contributed by atoms with E-state index in [0.29, 0.717) is 0 Å². The maximum absolute atomic E-state index is 5.84. The van der Waals surface area contributed by atoms with E-state index >= 15 is 0 Å². The molecule has 0 spiro atoms. The minimum absolute atomic E-state index is 0.964. The first-order chi connectivity index (χ1) is 7.81. The van der Waals surface area contributed by atoms with Crippen LogP contribution in [-0.4, -0.2) is 18.0 Å². The molecule has 1 aromatic heterocycles. The fourth-order valence-electron chi connectivity index (χ4n) is 2.31. The van der Waals surface area contributed by atoms with Crippen LogP contribution in [0.15, 0.2) is 28.7 Å². The van der Waals surface area contributed by atoms with Crippen molar-refractivity contribution in [1.82, 2.24) is 4.90 Å². The topological polar surface area (TPSA) is 16.4 Å². The van der Waals surface area contributed by atoms with Gasteiger partial charge in [-0.2, -0.15) is 0 Å². The van der Waals surface area contributed by atoms with E-state index in [1.165, 1.54) is 34.9 Å². The van der Waals surface area contributed by atoms with Gasteiger partial charge in [-0.25, -0.2) is 0 Å². The highest BCUT2D eigenvalue weighted by Crippen LogP contribution is 2.23. The van der Waals surface area contributed by atoms with Crippen molar-refractivity contribution >= 4 is 33.6 Å². The average molecular weight is 327 g/mol. The van der Waals surface area contributed by atoms with E-state index in [1.54, 1.807) is 0 Å². The fraction of sp³-hybridized carbons (Fsp3) is 0.385. The normalized spacial score (nSPS) is 17.3. The van der Waals surface area contributed by atoms with Gasteiger partial charge in [0.05, 0.1) is 6.54 Å². The van der Waals surface area contributed by atoms with Crippen molar-refractivity contribution in [2.24, 2.45) is 0 Å². The number of furan rings is 1. The van der Waals surface area contributed by atoms with Crippen molar-refractivity contribution in [3.8, 4) is 0 Å². The van der Waals surface area contributed by atoms with E-state index < -0.39 is 0 Å². The van der Waals surface area contributed by atoms with Crippen LogP contribution in [0.3, 0.4) is 0 Å². The number of fused-ring (bicyclic) bond motifs is 1. The van der Waals surface area contributed by atoms with Crippen LogP contribution in [0.4, 0.5) is 0 Å². The van der Waals surface area contributed by atoms with Crippen LogP contribution in [0.2, 0.25) is 0 Å². The third-order valence-corrected chi connectivity index (χ3v) is 3.78. The Morgan fingerprint density at radius 1 is 1.19 bits per heavy atom. The summed E-state index contributed by atoms with van der Waals surface area (Å²) in [5.41, 5.74) is 1.01. The molecule has 2 heterocycles. The summed E-state index contributed by atoms with van der Waals surface area (Å²) in [5, 5.41) is 1.22. The summed E-state index contributed by atoms with van der Waals surface area (Å²) >= 11 is 2.34. The van der Waals surface area contributed by atoms with E-state index in [-0.39, 0.29) is 0 Å². The molecule has 1 aliphatic rings. The molecule has 2 aromatic rings. The van der Waals surface area contributed by atoms with Gasteiger partial charge in [-0.15, -0.1) is 0 Å². The molecule has 16 heavy (non-hydrogen) atoms. The summed E-state index contributed by atoms with van der Waals surface area (Å²) in [6.07, 6.45) is 2.66. The van der Waals surface area contributed by atoms with Crippen molar-refractivity contribution in [1.29, 1.82) is 0 Å². The summed E-state index contributed by atoms with van der Waals surface area (Å²) in [5.74, 6) is 1.10. The van der Waals surface area contributed by atoms with Gasteiger partial charge >= 0.3 is 0 Å². The summed E-state index contributed by atoms with van der Waals surface area (Å²) < 4.78 is 7.10. The van der Waals surface area contributed by atoms with Crippen LogP contribution in [0.25, 0.3) is 11.0 Å². The summed E-state index contributed by atoms with van der Waals surface area (Å²) in [6.45, 7) is 3.40. The molecular weight excluding hydrogens is 313 g/mol. The Balaban J connectivity index is 1.86. The zero-order valence-corrected chi connectivity index (χ0v) is 11.2. The summed E-state index contributed by atoms with van der Waals surface area (Å²) in [6, 6.07) is 8.50. The number of hydrogen-bond acceptors (Lipinski definition) is 2. The predicted octanol–water partition coefficient (Wildman–Crippen LogP) is 3.63. The van der Waals surface area contributed by atoms with Crippen LogP contribution in [0.5, 0.6) is 0 Å². The van der Waals surface area contributed by atoms with Gasteiger partial charge in [0.15, 0.2) is 0 Å². The minimum Gasteiger partial charge on any atom is -0.460 e. The first-order valence-electron chi connectivity index (χ1n) is 5.71. The molecule has 0 N–H and O–H groups in total. The zero-order chi connectivity index (χ0) is 11.0. The van der Waals surface area contributed by atoms with Gasteiger partial charge in [-0.3, -0.25) is 4.90 Å². The molecule has 0 unspecified atom stereocenters. The van der Waals surface area contributed by atoms with Crippen LogP contribution < -0.4 is 0 Å². The Bertz CT molecular complexity index is 500. The molecule has 0 bridgehead atoms. The van der Waals surface area contributed by atoms with E-state index in [1.807, 2.05) is 0 Å². The van der Waals surface area contributed by atoms with Gasteiger partial charge in [0.1, 0.15) is 11.3 Å². The third kappa shape index (κ3) is 2.11. The lowest BCUT2D eigenvalue weighted by atomic mass is 10.2. The van der Waals surface area contributed by atoms with Crippen molar-refractivity contribution < 1.29 is 4.42 Å². The molecule has 0 amide bonds. The van der Waals surface area contributed by atoms with Crippen LogP contribution in [0, 0.1) is 3.57 Å². The van der Waals surface area contributed by atoms with Crippen molar-refractivity contribution in [3.05, 3.63) is 33.6 Å². The van der Waals surface area contributed by atoms with Gasteiger partial charge in [-0.05, 0) is 72.8 Å². The fourth-order valence-corrected chi connectivity index (χ4v) is 2.82. The molecule has 1 aromatic carbocycles. The monoisotopic (exact) mass is 327 g/mol. The van der Waals surface area contributed by atoms with Crippen molar-refractivity contribution in [2.45, 2.75) is 19.4 Å². The van der Waals surface area contributed by atoms with Crippen LogP contribution >= 0.6 is 22.6 Å². The number of benzene rings is 1. The third-order valence-electron chi connectivity index (χ3n) is 3.11. The first-order valence-corrected chi connectivity index (χ1v) is 6.79. The highest BCUT2D eigenvalue weighted by Gasteiger charge is 2.14. The molecule has 84 valence electrons. The summed E-state index contributed by atoms with van der Waals surface area (Å²) in [4.78, 5) is 2.46. The highest BCUT2D eigenvalue weighted by atomic mass is 127. The Kier molecular flexibility index (Phi) is 2.90. The maximum atomic E-state index is 5.84. The molecule has 0 aliphatic carbocycles. The molecule has 1 saturated heterocycles.